The molecule has 0 bridgehead atoms. The van der Waals surface area contributed by atoms with E-state index in [1.165, 1.54) is 6.07 Å². The Morgan fingerprint density at radius 2 is 1.88 bits per heavy atom. The fourth-order valence-corrected chi connectivity index (χ4v) is 1.79. The molecular formula is C14H14FN. The molecule has 0 aromatic heterocycles. The van der Waals surface area contributed by atoms with E-state index in [1.807, 2.05) is 38.2 Å². The van der Waals surface area contributed by atoms with Gasteiger partial charge in [0.2, 0.25) is 0 Å². The van der Waals surface area contributed by atoms with Crippen molar-refractivity contribution >= 4 is 5.69 Å². The molecule has 0 radical (unpaired) electrons. The smallest absolute Gasteiger partial charge is 0.123 e. The van der Waals surface area contributed by atoms with E-state index in [0.717, 1.165) is 22.4 Å². The Morgan fingerprint density at radius 3 is 2.56 bits per heavy atom. The van der Waals surface area contributed by atoms with E-state index in [2.05, 4.69) is 11.4 Å². The Kier molecular flexibility index (Phi) is 2.91. The number of halogens is 1. The Bertz CT molecular complexity index is 506. The number of nitrogens with one attached hydrogen (secondary N) is 1. The fourth-order valence-electron chi connectivity index (χ4n) is 1.79. The van der Waals surface area contributed by atoms with Gasteiger partial charge in [0, 0.05) is 12.7 Å². The van der Waals surface area contributed by atoms with Crippen LogP contribution in [0.2, 0.25) is 0 Å². The summed E-state index contributed by atoms with van der Waals surface area (Å²) in [6.07, 6.45) is 0. The summed E-state index contributed by atoms with van der Waals surface area (Å²) in [5.74, 6) is -0.189. The molecule has 0 aliphatic heterocycles. The van der Waals surface area contributed by atoms with Gasteiger partial charge in [0.25, 0.3) is 0 Å². The summed E-state index contributed by atoms with van der Waals surface area (Å²) < 4.78 is 13.0. The van der Waals surface area contributed by atoms with Crippen molar-refractivity contribution in [1.29, 1.82) is 0 Å². The van der Waals surface area contributed by atoms with Crippen LogP contribution in [-0.4, -0.2) is 7.05 Å². The van der Waals surface area contributed by atoms with Crippen molar-refractivity contribution in [3.8, 4) is 11.1 Å². The van der Waals surface area contributed by atoms with Crippen LogP contribution >= 0.6 is 0 Å². The second kappa shape index (κ2) is 4.35. The number of rotatable bonds is 2. The molecule has 16 heavy (non-hydrogen) atoms. The monoisotopic (exact) mass is 215 g/mol. The second-order valence-corrected chi connectivity index (χ2v) is 3.79. The highest BCUT2D eigenvalue weighted by Crippen LogP contribution is 2.26. The maximum atomic E-state index is 13.0. The molecule has 0 atom stereocenters. The lowest BCUT2D eigenvalue weighted by molar-refractivity contribution is 0.627. The average molecular weight is 215 g/mol. The molecule has 82 valence electrons. The first-order valence-corrected chi connectivity index (χ1v) is 5.25. The third kappa shape index (κ3) is 2.06. The highest BCUT2D eigenvalue weighted by Gasteiger charge is 2.03. The Labute approximate surface area is 94.9 Å². The predicted molar refractivity (Wildman–Crippen MR) is 66.1 cm³/mol. The normalized spacial score (nSPS) is 10.2. The number of hydrogen-bond donors (Lipinski definition) is 1. The molecule has 0 unspecified atom stereocenters. The zero-order chi connectivity index (χ0) is 11.5. The number of aryl methyl sites for hydroxylation is 1. The molecule has 0 spiro atoms. The Balaban J connectivity index is 2.49. The van der Waals surface area contributed by atoms with Gasteiger partial charge in [-0.2, -0.15) is 0 Å². The molecule has 0 fully saturated rings. The lowest BCUT2D eigenvalue weighted by Crippen LogP contribution is -1.89. The van der Waals surface area contributed by atoms with Crippen molar-refractivity contribution < 1.29 is 4.39 Å². The van der Waals surface area contributed by atoms with Crippen molar-refractivity contribution in [1.82, 2.24) is 0 Å². The summed E-state index contributed by atoms with van der Waals surface area (Å²) >= 11 is 0. The first-order chi connectivity index (χ1) is 7.70. The van der Waals surface area contributed by atoms with Gasteiger partial charge in [-0.05, 0) is 47.9 Å². The largest absolute Gasteiger partial charge is 0.388 e. The van der Waals surface area contributed by atoms with Gasteiger partial charge in [0.15, 0.2) is 0 Å². The van der Waals surface area contributed by atoms with Crippen LogP contribution in [0.25, 0.3) is 11.1 Å². The minimum absolute atomic E-state index is 0.189. The molecule has 0 saturated heterocycles. The molecule has 0 saturated carbocycles. The Morgan fingerprint density at radius 1 is 1.06 bits per heavy atom. The summed E-state index contributed by atoms with van der Waals surface area (Å²) in [7, 11) is 1.89. The molecule has 2 rings (SSSR count). The minimum atomic E-state index is -0.189. The van der Waals surface area contributed by atoms with Gasteiger partial charge in [-0.15, -0.1) is 0 Å². The molecule has 0 aliphatic carbocycles. The second-order valence-electron chi connectivity index (χ2n) is 3.79. The van der Waals surface area contributed by atoms with Gasteiger partial charge in [-0.1, -0.05) is 18.2 Å². The zero-order valence-corrected chi connectivity index (χ0v) is 9.42. The van der Waals surface area contributed by atoms with Crippen molar-refractivity contribution in [2.75, 3.05) is 12.4 Å². The topological polar surface area (TPSA) is 12.0 Å². The van der Waals surface area contributed by atoms with E-state index in [9.17, 15) is 4.39 Å². The zero-order valence-electron chi connectivity index (χ0n) is 9.42. The van der Waals surface area contributed by atoms with E-state index in [1.54, 1.807) is 6.07 Å². The number of benzene rings is 2. The van der Waals surface area contributed by atoms with Crippen LogP contribution in [0.15, 0.2) is 42.5 Å². The molecule has 1 N–H and O–H groups in total. The van der Waals surface area contributed by atoms with E-state index in [0.29, 0.717) is 0 Å². The van der Waals surface area contributed by atoms with Crippen molar-refractivity contribution in [2.24, 2.45) is 0 Å². The molecule has 1 nitrogen and oxygen atoms in total. The van der Waals surface area contributed by atoms with E-state index >= 15 is 0 Å². The quantitative estimate of drug-likeness (QED) is 0.802. The van der Waals surface area contributed by atoms with Crippen LogP contribution in [0.1, 0.15) is 5.56 Å². The van der Waals surface area contributed by atoms with Crippen molar-refractivity contribution in [3.05, 3.63) is 53.8 Å². The highest BCUT2D eigenvalue weighted by molar-refractivity contribution is 5.70. The van der Waals surface area contributed by atoms with Crippen LogP contribution in [0.5, 0.6) is 0 Å². The molecule has 0 aliphatic rings. The first kappa shape index (κ1) is 10.7. The van der Waals surface area contributed by atoms with Crippen LogP contribution in [0.4, 0.5) is 10.1 Å². The predicted octanol–water partition coefficient (Wildman–Crippen LogP) is 3.84. The average Bonchev–Trinajstić information content (AvgIpc) is 2.29. The van der Waals surface area contributed by atoms with E-state index in [-0.39, 0.29) is 5.82 Å². The third-order valence-electron chi connectivity index (χ3n) is 2.65. The van der Waals surface area contributed by atoms with Gasteiger partial charge in [0.1, 0.15) is 5.82 Å². The van der Waals surface area contributed by atoms with Crippen LogP contribution in [0.3, 0.4) is 0 Å². The molecule has 0 amide bonds. The van der Waals surface area contributed by atoms with Crippen molar-refractivity contribution in [2.45, 2.75) is 6.92 Å². The SMILES string of the molecule is CNc1cccc(-c2ccc(F)cc2C)c1. The Hall–Kier alpha value is -1.83. The lowest BCUT2D eigenvalue weighted by Gasteiger charge is -2.08. The standard InChI is InChI=1S/C14H14FN/c1-10-8-12(15)6-7-14(10)11-4-3-5-13(9-11)16-2/h3-9,16H,1-2H3. The molecule has 0 heterocycles. The highest BCUT2D eigenvalue weighted by atomic mass is 19.1. The van der Waals surface area contributed by atoms with E-state index in [4.69, 9.17) is 0 Å². The summed E-state index contributed by atoms with van der Waals surface area (Å²) in [4.78, 5) is 0. The number of anilines is 1. The molecular weight excluding hydrogens is 201 g/mol. The summed E-state index contributed by atoms with van der Waals surface area (Å²) in [5.41, 5.74) is 4.18. The van der Waals surface area contributed by atoms with Gasteiger partial charge in [-0.3, -0.25) is 0 Å². The van der Waals surface area contributed by atoms with Gasteiger partial charge in [0.05, 0.1) is 0 Å². The minimum Gasteiger partial charge on any atom is -0.388 e. The van der Waals surface area contributed by atoms with E-state index < -0.39 is 0 Å². The molecule has 2 aromatic carbocycles. The van der Waals surface area contributed by atoms with Crippen molar-refractivity contribution in [3.63, 3.8) is 0 Å². The van der Waals surface area contributed by atoms with Crippen LogP contribution in [-0.2, 0) is 0 Å². The summed E-state index contributed by atoms with van der Waals surface area (Å²) in [5, 5.41) is 3.09. The first-order valence-electron chi connectivity index (χ1n) is 5.25. The maximum absolute atomic E-state index is 13.0. The third-order valence-corrected chi connectivity index (χ3v) is 2.65. The lowest BCUT2D eigenvalue weighted by atomic mass is 10.00. The number of hydrogen-bond acceptors (Lipinski definition) is 1. The van der Waals surface area contributed by atoms with Gasteiger partial charge >= 0.3 is 0 Å². The van der Waals surface area contributed by atoms with Gasteiger partial charge < -0.3 is 5.32 Å². The van der Waals surface area contributed by atoms with Crippen LogP contribution in [0, 0.1) is 12.7 Å². The fraction of sp³-hybridized carbons (Fsp3) is 0.143. The maximum Gasteiger partial charge on any atom is 0.123 e. The summed E-state index contributed by atoms with van der Waals surface area (Å²) in [6.45, 7) is 1.92. The summed E-state index contributed by atoms with van der Waals surface area (Å²) in [6, 6.07) is 12.9. The molecule has 2 aromatic rings. The molecule has 2 heteroatoms. The van der Waals surface area contributed by atoms with Crippen LogP contribution < -0.4 is 5.32 Å². The van der Waals surface area contributed by atoms with Gasteiger partial charge in [-0.25, -0.2) is 4.39 Å².